The number of pyridine rings is 1. The quantitative estimate of drug-likeness (QED) is 0.419. The molecule has 1 spiro atoms. The second-order valence-electron chi connectivity index (χ2n) is 9.30. The Morgan fingerprint density at radius 2 is 1.77 bits per heavy atom. The molecule has 0 unspecified atom stereocenters. The molecular weight excluding hydrogens is 555 g/mol. The number of amides is 4. The van der Waals surface area contributed by atoms with Gasteiger partial charge in [0.25, 0.3) is 15.7 Å². The van der Waals surface area contributed by atoms with Crippen molar-refractivity contribution in [2.45, 2.75) is 49.2 Å². The number of imide groups is 1. The van der Waals surface area contributed by atoms with Crippen molar-refractivity contribution in [2.24, 2.45) is 0 Å². The first-order valence-electron chi connectivity index (χ1n) is 12.5. The minimum Gasteiger partial charge on any atom is -0.448 e. The SMILES string of the molecule is CCN(CC)CCOC(=O)Nc1cnccc1CN1C(=O)N(c2ccc(S(=O)(=O)C(F)(F)F)cc2)C(=O)C12CC2. The first-order chi connectivity index (χ1) is 18.9. The molecule has 4 amide bonds. The van der Waals surface area contributed by atoms with E-state index in [0.29, 0.717) is 37.1 Å². The summed E-state index contributed by atoms with van der Waals surface area (Å²) >= 11 is 0. The van der Waals surface area contributed by atoms with Crippen LogP contribution in [0.4, 0.5) is 34.1 Å². The van der Waals surface area contributed by atoms with E-state index in [1.807, 2.05) is 13.8 Å². The van der Waals surface area contributed by atoms with E-state index < -0.39 is 43.8 Å². The maximum Gasteiger partial charge on any atom is 0.501 e. The normalized spacial score (nSPS) is 16.6. The van der Waals surface area contributed by atoms with Crippen LogP contribution in [0.5, 0.6) is 0 Å². The molecule has 1 aliphatic carbocycles. The van der Waals surface area contributed by atoms with E-state index in [4.69, 9.17) is 4.74 Å². The summed E-state index contributed by atoms with van der Waals surface area (Å²) in [6, 6.07) is 4.25. The number of alkyl halides is 3. The minimum atomic E-state index is -5.59. The number of sulfone groups is 1. The maximum absolute atomic E-state index is 13.4. The van der Waals surface area contributed by atoms with Crippen molar-refractivity contribution in [1.82, 2.24) is 14.8 Å². The number of aromatic nitrogens is 1. The van der Waals surface area contributed by atoms with Crippen LogP contribution < -0.4 is 10.2 Å². The fourth-order valence-corrected chi connectivity index (χ4v) is 5.23. The van der Waals surface area contributed by atoms with Crippen molar-refractivity contribution < 1.29 is 40.7 Å². The summed E-state index contributed by atoms with van der Waals surface area (Å²) in [7, 11) is -5.59. The highest BCUT2D eigenvalue weighted by Gasteiger charge is 2.65. The zero-order valence-electron chi connectivity index (χ0n) is 21.8. The summed E-state index contributed by atoms with van der Waals surface area (Å²) in [6.45, 7) is 6.28. The van der Waals surface area contributed by atoms with Crippen molar-refractivity contribution in [3.8, 4) is 0 Å². The molecular formula is C25H28F3N5O6S. The lowest BCUT2D eigenvalue weighted by atomic mass is 10.1. The second-order valence-corrected chi connectivity index (χ2v) is 11.2. The Morgan fingerprint density at radius 3 is 2.35 bits per heavy atom. The standard InChI is InChI=1S/C25H28F3N5O6S/c1-3-31(4-2)13-14-39-22(35)30-20-15-29-12-9-17(20)16-32-23(36)33(21(34)24(32)10-11-24)18-5-7-19(8-6-18)40(37,38)25(26,27)28/h5-9,12,15H,3-4,10-11,13-14,16H2,1-2H3,(H,30,35). The molecule has 0 atom stereocenters. The number of halogens is 3. The third-order valence-electron chi connectivity index (χ3n) is 6.99. The van der Waals surface area contributed by atoms with E-state index in [2.05, 4.69) is 15.2 Å². The predicted octanol–water partition coefficient (Wildman–Crippen LogP) is 3.77. The van der Waals surface area contributed by atoms with Gasteiger partial charge < -0.3 is 14.5 Å². The molecule has 2 aliphatic rings. The molecule has 0 bridgehead atoms. The Balaban J connectivity index is 1.50. The number of rotatable bonds is 10. The van der Waals surface area contributed by atoms with Crippen LogP contribution in [0.25, 0.3) is 0 Å². The fourth-order valence-electron chi connectivity index (χ4n) is 4.47. The Morgan fingerprint density at radius 1 is 1.12 bits per heavy atom. The van der Waals surface area contributed by atoms with Gasteiger partial charge in [0.15, 0.2) is 0 Å². The van der Waals surface area contributed by atoms with Gasteiger partial charge in [0.2, 0.25) is 0 Å². The summed E-state index contributed by atoms with van der Waals surface area (Å²) in [5.41, 5.74) is -5.92. The van der Waals surface area contributed by atoms with Gasteiger partial charge in [-0.1, -0.05) is 13.8 Å². The first-order valence-corrected chi connectivity index (χ1v) is 14.0. The summed E-state index contributed by atoms with van der Waals surface area (Å²) in [5.74, 6) is -0.566. The average Bonchev–Trinajstić information content (AvgIpc) is 3.69. The molecule has 40 heavy (non-hydrogen) atoms. The van der Waals surface area contributed by atoms with Gasteiger partial charge in [-0.2, -0.15) is 13.2 Å². The van der Waals surface area contributed by atoms with Gasteiger partial charge in [0, 0.05) is 12.7 Å². The van der Waals surface area contributed by atoms with Crippen molar-refractivity contribution in [3.05, 3.63) is 48.3 Å². The first kappa shape index (κ1) is 29.3. The van der Waals surface area contributed by atoms with E-state index in [9.17, 15) is 36.0 Å². The van der Waals surface area contributed by atoms with Crippen LogP contribution in [0.15, 0.2) is 47.6 Å². The van der Waals surface area contributed by atoms with Crippen LogP contribution >= 0.6 is 0 Å². The number of ether oxygens (including phenoxy) is 1. The Labute approximate surface area is 228 Å². The van der Waals surface area contributed by atoms with E-state index in [1.165, 1.54) is 17.3 Å². The number of likely N-dealkylation sites (N-methyl/N-ethyl adjacent to an activating group) is 1. The van der Waals surface area contributed by atoms with E-state index in [0.717, 1.165) is 30.1 Å². The fraction of sp³-hybridized carbons (Fsp3) is 0.440. The number of nitrogens with zero attached hydrogens (tertiary/aromatic N) is 4. The number of carbonyl (C=O) groups excluding carboxylic acids is 3. The molecule has 0 radical (unpaired) electrons. The van der Waals surface area contributed by atoms with Crippen molar-refractivity contribution >= 4 is 39.2 Å². The molecule has 216 valence electrons. The molecule has 1 N–H and O–H groups in total. The Kier molecular flexibility index (Phi) is 8.08. The number of nitrogens with one attached hydrogen (secondary N) is 1. The largest absolute Gasteiger partial charge is 0.501 e. The van der Waals surface area contributed by atoms with Crippen LogP contribution in [0.1, 0.15) is 32.3 Å². The van der Waals surface area contributed by atoms with Gasteiger partial charge >= 0.3 is 17.6 Å². The van der Waals surface area contributed by atoms with Crippen LogP contribution in [0, 0.1) is 0 Å². The molecule has 1 aliphatic heterocycles. The van der Waals surface area contributed by atoms with Gasteiger partial charge in [-0.25, -0.2) is 22.9 Å². The number of urea groups is 1. The van der Waals surface area contributed by atoms with Gasteiger partial charge in [-0.05, 0) is 61.8 Å². The number of benzene rings is 1. The molecule has 1 saturated heterocycles. The van der Waals surface area contributed by atoms with Crippen LogP contribution in [-0.2, 0) is 25.9 Å². The molecule has 2 heterocycles. The molecule has 4 rings (SSSR count). The van der Waals surface area contributed by atoms with Gasteiger partial charge in [0.1, 0.15) is 12.1 Å². The molecule has 1 aromatic heterocycles. The third kappa shape index (κ3) is 5.47. The average molecular weight is 584 g/mol. The molecule has 1 aromatic carbocycles. The lowest BCUT2D eigenvalue weighted by Gasteiger charge is -2.23. The summed E-state index contributed by atoms with van der Waals surface area (Å²) < 4.78 is 67.3. The minimum absolute atomic E-state index is 0.0604. The molecule has 1 saturated carbocycles. The second kappa shape index (κ2) is 11.0. The summed E-state index contributed by atoms with van der Waals surface area (Å²) in [4.78, 5) is 46.3. The number of anilines is 2. The third-order valence-corrected chi connectivity index (χ3v) is 8.49. The highest BCUT2D eigenvalue weighted by atomic mass is 32.2. The zero-order chi connectivity index (χ0) is 29.3. The predicted molar refractivity (Wildman–Crippen MR) is 137 cm³/mol. The highest BCUT2D eigenvalue weighted by molar-refractivity contribution is 7.92. The molecule has 2 fully saturated rings. The number of carbonyl (C=O) groups is 3. The van der Waals surface area contributed by atoms with E-state index >= 15 is 0 Å². The molecule has 15 heteroatoms. The summed E-state index contributed by atoms with van der Waals surface area (Å²) in [6.07, 6.45) is 2.89. The van der Waals surface area contributed by atoms with Gasteiger partial charge in [0.05, 0.1) is 29.0 Å². The zero-order valence-corrected chi connectivity index (χ0v) is 22.6. The topological polar surface area (TPSA) is 129 Å². The van der Waals surface area contributed by atoms with Crippen LogP contribution in [-0.4, -0.2) is 78.5 Å². The van der Waals surface area contributed by atoms with Crippen LogP contribution in [0.3, 0.4) is 0 Å². The Bertz CT molecular complexity index is 1390. The van der Waals surface area contributed by atoms with E-state index in [-0.39, 0.29) is 24.5 Å². The Hall–Kier alpha value is -3.72. The van der Waals surface area contributed by atoms with Crippen molar-refractivity contribution in [2.75, 3.05) is 36.5 Å². The van der Waals surface area contributed by atoms with Crippen molar-refractivity contribution in [1.29, 1.82) is 0 Å². The monoisotopic (exact) mass is 583 g/mol. The number of hydrogen-bond acceptors (Lipinski definition) is 8. The van der Waals surface area contributed by atoms with Crippen molar-refractivity contribution in [3.63, 3.8) is 0 Å². The summed E-state index contributed by atoms with van der Waals surface area (Å²) in [5, 5.41) is 2.62. The molecule has 2 aromatic rings. The lowest BCUT2D eigenvalue weighted by Crippen LogP contribution is -2.36. The van der Waals surface area contributed by atoms with Gasteiger partial charge in [-0.15, -0.1) is 0 Å². The molecule has 11 nitrogen and oxygen atoms in total. The maximum atomic E-state index is 13.4. The van der Waals surface area contributed by atoms with E-state index in [1.54, 1.807) is 6.07 Å². The lowest BCUT2D eigenvalue weighted by molar-refractivity contribution is -0.120. The highest BCUT2D eigenvalue weighted by Crippen LogP contribution is 2.50. The van der Waals surface area contributed by atoms with Crippen LogP contribution in [0.2, 0.25) is 0 Å². The van der Waals surface area contributed by atoms with Gasteiger partial charge in [-0.3, -0.25) is 15.1 Å². The smallest absolute Gasteiger partial charge is 0.448 e. The number of hydrogen-bond donors (Lipinski definition) is 1.